The summed E-state index contributed by atoms with van der Waals surface area (Å²) in [5, 5.41) is 0. The average molecular weight is 239 g/mol. The van der Waals surface area contributed by atoms with Gasteiger partial charge in [0.15, 0.2) is 0 Å². The van der Waals surface area contributed by atoms with E-state index in [4.69, 9.17) is 16.3 Å². The van der Waals surface area contributed by atoms with Crippen LogP contribution in [0.2, 0.25) is 0 Å². The maximum atomic E-state index is 5.76. The first-order valence-corrected chi connectivity index (χ1v) is 5.87. The van der Waals surface area contributed by atoms with Gasteiger partial charge in [0.1, 0.15) is 12.4 Å². The number of hydrogen-bond acceptors (Lipinski definition) is 1. The van der Waals surface area contributed by atoms with Gasteiger partial charge in [-0.25, -0.2) is 0 Å². The molecule has 0 atom stereocenters. The van der Waals surface area contributed by atoms with Crippen molar-refractivity contribution in [1.29, 1.82) is 0 Å². The quantitative estimate of drug-likeness (QED) is 0.753. The van der Waals surface area contributed by atoms with Crippen LogP contribution in [0.3, 0.4) is 0 Å². The molecule has 0 radical (unpaired) electrons. The molecular weight excluding hydrogens is 220 g/mol. The summed E-state index contributed by atoms with van der Waals surface area (Å²) in [6.07, 6.45) is 0. The van der Waals surface area contributed by atoms with Gasteiger partial charge in [-0.05, 0) is 29.5 Å². The van der Waals surface area contributed by atoms with E-state index in [1.807, 2.05) is 25.1 Å². The largest absolute Gasteiger partial charge is 0.489 e. The predicted molar refractivity (Wildman–Crippen MR) is 70.2 cm³/mol. The van der Waals surface area contributed by atoms with Crippen molar-refractivity contribution in [2.75, 3.05) is 6.61 Å². The molecule has 0 spiro atoms. The van der Waals surface area contributed by atoms with Gasteiger partial charge in [-0.2, -0.15) is 0 Å². The lowest BCUT2D eigenvalue weighted by molar-refractivity contribution is 0.341. The SMILES string of the molecule is C/C(=C/Cl)COc1ccccc1C(C)(C)C. The van der Waals surface area contributed by atoms with E-state index in [9.17, 15) is 0 Å². The Morgan fingerprint density at radius 2 is 1.94 bits per heavy atom. The van der Waals surface area contributed by atoms with Crippen LogP contribution < -0.4 is 4.74 Å². The summed E-state index contributed by atoms with van der Waals surface area (Å²) in [5.74, 6) is 0.938. The zero-order chi connectivity index (χ0) is 12.2. The third-order valence-electron chi connectivity index (χ3n) is 2.34. The lowest BCUT2D eigenvalue weighted by Gasteiger charge is -2.22. The highest BCUT2D eigenvalue weighted by molar-refractivity contribution is 6.25. The second-order valence-electron chi connectivity index (χ2n) is 4.99. The van der Waals surface area contributed by atoms with Crippen LogP contribution in [0, 0.1) is 0 Å². The number of rotatable bonds is 3. The van der Waals surface area contributed by atoms with Gasteiger partial charge in [0.25, 0.3) is 0 Å². The molecule has 0 aromatic heterocycles. The number of hydrogen-bond donors (Lipinski definition) is 0. The Balaban J connectivity index is 2.88. The summed E-state index contributed by atoms with van der Waals surface area (Å²) in [6, 6.07) is 8.14. The zero-order valence-corrected chi connectivity index (χ0v) is 11.1. The minimum Gasteiger partial charge on any atom is -0.489 e. The van der Waals surface area contributed by atoms with Crippen LogP contribution in [0.5, 0.6) is 5.75 Å². The fraction of sp³-hybridized carbons (Fsp3) is 0.429. The van der Waals surface area contributed by atoms with Crippen molar-refractivity contribution >= 4 is 11.6 Å². The highest BCUT2D eigenvalue weighted by atomic mass is 35.5. The predicted octanol–water partition coefficient (Wildman–Crippen LogP) is 4.51. The molecule has 0 fully saturated rings. The Morgan fingerprint density at radius 3 is 2.50 bits per heavy atom. The Kier molecular flexibility index (Phi) is 4.43. The van der Waals surface area contributed by atoms with E-state index in [-0.39, 0.29) is 5.41 Å². The lowest BCUT2D eigenvalue weighted by Crippen LogP contribution is -2.13. The molecule has 1 rings (SSSR count). The van der Waals surface area contributed by atoms with E-state index in [1.54, 1.807) is 5.54 Å². The fourth-order valence-corrected chi connectivity index (χ4v) is 1.50. The molecule has 0 saturated carbocycles. The van der Waals surface area contributed by atoms with E-state index in [2.05, 4.69) is 26.8 Å². The van der Waals surface area contributed by atoms with Crippen molar-refractivity contribution in [3.63, 3.8) is 0 Å². The molecule has 1 aromatic rings. The zero-order valence-electron chi connectivity index (χ0n) is 10.4. The highest BCUT2D eigenvalue weighted by Gasteiger charge is 2.18. The molecule has 0 bridgehead atoms. The molecule has 88 valence electrons. The van der Waals surface area contributed by atoms with Gasteiger partial charge in [0, 0.05) is 5.54 Å². The second-order valence-corrected chi connectivity index (χ2v) is 5.21. The van der Waals surface area contributed by atoms with Crippen molar-refractivity contribution in [3.05, 3.63) is 40.9 Å². The molecule has 1 nitrogen and oxygen atoms in total. The lowest BCUT2D eigenvalue weighted by atomic mass is 9.86. The van der Waals surface area contributed by atoms with Gasteiger partial charge >= 0.3 is 0 Å². The molecule has 0 unspecified atom stereocenters. The summed E-state index contributed by atoms with van der Waals surface area (Å²) in [6.45, 7) is 9.03. The fourth-order valence-electron chi connectivity index (χ4n) is 1.44. The molecule has 0 amide bonds. The van der Waals surface area contributed by atoms with E-state index >= 15 is 0 Å². The van der Waals surface area contributed by atoms with Crippen molar-refractivity contribution < 1.29 is 4.74 Å². The number of halogens is 1. The molecule has 0 aliphatic carbocycles. The minimum atomic E-state index is 0.0924. The summed E-state index contributed by atoms with van der Waals surface area (Å²) < 4.78 is 5.76. The van der Waals surface area contributed by atoms with Crippen molar-refractivity contribution in [2.24, 2.45) is 0 Å². The molecule has 2 heteroatoms. The van der Waals surface area contributed by atoms with Crippen LogP contribution in [0.4, 0.5) is 0 Å². The molecule has 0 saturated heterocycles. The van der Waals surface area contributed by atoms with Gasteiger partial charge in [0.05, 0.1) is 0 Å². The van der Waals surface area contributed by atoms with Gasteiger partial charge in [-0.15, -0.1) is 0 Å². The van der Waals surface area contributed by atoms with Crippen LogP contribution >= 0.6 is 11.6 Å². The van der Waals surface area contributed by atoms with Gasteiger partial charge in [-0.1, -0.05) is 50.6 Å². The molecule has 16 heavy (non-hydrogen) atoms. The van der Waals surface area contributed by atoms with Crippen LogP contribution in [-0.4, -0.2) is 6.61 Å². The maximum absolute atomic E-state index is 5.76. The highest BCUT2D eigenvalue weighted by Crippen LogP contribution is 2.31. The minimum absolute atomic E-state index is 0.0924. The van der Waals surface area contributed by atoms with E-state index in [0.717, 1.165) is 11.3 Å². The van der Waals surface area contributed by atoms with E-state index in [1.165, 1.54) is 5.56 Å². The number of ether oxygens (including phenoxy) is 1. The molecule has 0 aliphatic rings. The van der Waals surface area contributed by atoms with E-state index < -0.39 is 0 Å². The summed E-state index contributed by atoms with van der Waals surface area (Å²) in [5.41, 5.74) is 3.89. The standard InChI is InChI=1S/C14H19ClO/c1-11(9-15)10-16-13-8-6-5-7-12(13)14(2,3)4/h5-9H,10H2,1-4H3/b11-9-. The van der Waals surface area contributed by atoms with Crippen molar-refractivity contribution in [1.82, 2.24) is 0 Å². The first-order valence-electron chi connectivity index (χ1n) is 5.43. The second kappa shape index (κ2) is 5.40. The Hall–Kier alpha value is -0.950. The van der Waals surface area contributed by atoms with Crippen molar-refractivity contribution in [3.8, 4) is 5.75 Å². The molecule has 1 aromatic carbocycles. The van der Waals surface area contributed by atoms with Crippen molar-refractivity contribution in [2.45, 2.75) is 33.1 Å². The third kappa shape index (κ3) is 3.57. The third-order valence-corrected chi connectivity index (χ3v) is 2.71. The van der Waals surface area contributed by atoms with Gasteiger partial charge in [-0.3, -0.25) is 0 Å². The Morgan fingerprint density at radius 1 is 1.31 bits per heavy atom. The summed E-state index contributed by atoms with van der Waals surface area (Å²) in [4.78, 5) is 0. The molecule has 0 aliphatic heterocycles. The van der Waals surface area contributed by atoms with Gasteiger partial charge < -0.3 is 4.74 Å². The molecular formula is C14H19ClO. The van der Waals surface area contributed by atoms with Gasteiger partial charge in [0.2, 0.25) is 0 Å². The number of para-hydroxylation sites is 1. The van der Waals surface area contributed by atoms with Crippen LogP contribution in [0.15, 0.2) is 35.4 Å². The Labute approximate surface area is 103 Å². The van der Waals surface area contributed by atoms with E-state index in [0.29, 0.717) is 6.61 Å². The normalized spacial score (nSPS) is 12.7. The topological polar surface area (TPSA) is 9.23 Å². The van der Waals surface area contributed by atoms with Crippen LogP contribution in [0.25, 0.3) is 0 Å². The summed E-state index contributed by atoms with van der Waals surface area (Å²) >= 11 is 5.61. The average Bonchev–Trinajstić information content (AvgIpc) is 2.25. The molecule has 0 N–H and O–H groups in total. The maximum Gasteiger partial charge on any atom is 0.123 e. The first kappa shape index (κ1) is 13.1. The molecule has 0 heterocycles. The monoisotopic (exact) mass is 238 g/mol. The summed E-state index contributed by atoms with van der Waals surface area (Å²) in [7, 11) is 0. The smallest absolute Gasteiger partial charge is 0.123 e. The Bertz CT molecular complexity index is 375. The number of benzene rings is 1. The first-order chi connectivity index (χ1) is 7.45. The van der Waals surface area contributed by atoms with Crippen LogP contribution in [-0.2, 0) is 5.41 Å². The van der Waals surface area contributed by atoms with Crippen LogP contribution in [0.1, 0.15) is 33.3 Å².